The van der Waals surface area contributed by atoms with Gasteiger partial charge in [0.2, 0.25) is 0 Å². The van der Waals surface area contributed by atoms with E-state index in [0.29, 0.717) is 43.1 Å². The summed E-state index contributed by atoms with van der Waals surface area (Å²) in [5, 5.41) is 17.8. The van der Waals surface area contributed by atoms with Crippen molar-refractivity contribution in [3.63, 3.8) is 0 Å². The number of rotatable bonds is 9. The van der Waals surface area contributed by atoms with E-state index in [4.69, 9.17) is 20.6 Å². The molecule has 3 unspecified atom stereocenters. The maximum absolute atomic E-state index is 9.49. The van der Waals surface area contributed by atoms with Crippen molar-refractivity contribution in [2.24, 2.45) is 28.9 Å². The number of nitrogens with one attached hydrogen (secondary N) is 1. The Bertz CT molecular complexity index is 900. The highest BCUT2D eigenvalue weighted by Crippen LogP contribution is 2.47. The normalized spacial score (nSPS) is 23.0. The average molecular weight is 439 g/mol. The van der Waals surface area contributed by atoms with Gasteiger partial charge in [0.05, 0.1) is 31.0 Å². The predicted molar refractivity (Wildman–Crippen MR) is 127 cm³/mol. The highest BCUT2D eigenvalue weighted by atomic mass is 16.5. The third-order valence-corrected chi connectivity index (χ3v) is 7.17. The third kappa shape index (κ3) is 4.84. The van der Waals surface area contributed by atoms with E-state index in [2.05, 4.69) is 46.4 Å². The zero-order valence-corrected chi connectivity index (χ0v) is 20.1. The van der Waals surface area contributed by atoms with Crippen LogP contribution in [-0.2, 0) is 15.9 Å². The number of nitrogens with zero attached hydrogens (tertiary/aromatic N) is 2. The van der Waals surface area contributed by atoms with Crippen LogP contribution in [0, 0.1) is 39.9 Å². The van der Waals surface area contributed by atoms with Gasteiger partial charge in [-0.25, -0.2) is 0 Å². The van der Waals surface area contributed by atoms with Gasteiger partial charge in [-0.15, -0.1) is 0 Å². The number of hydrogen-bond donors (Lipinski definition) is 2. The zero-order chi connectivity index (χ0) is 23.6. The van der Waals surface area contributed by atoms with E-state index in [1.807, 2.05) is 17.0 Å². The Labute approximate surface area is 192 Å². The molecule has 6 heteroatoms. The van der Waals surface area contributed by atoms with Gasteiger partial charge < -0.3 is 20.1 Å². The molecule has 1 aromatic carbocycles. The fraction of sp³-hybridized carbons (Fsp3) is 0.615. The van der Waals surface area contributed by atoms with Crippen molar-refractivity contribution in [1.82, 2.24) is 4.90 Å². The van der Waals surface area contributed by atoms with Gasteiger partial charge in [-0.1, -0.05) is 40.3 Å². The molecule has 1 aliphatic carbocycles. The van der Waals surface area contributed by atoms with Crippen molar-refractivity contribution in [2.75, 3.05) is 26.9 Å². The molecule has 1 heterocycles. The first-order chi connectivity index (χ1) is 15.1. The lowest BCUT2D eigenvalue weighted by Gasteiger charge is -2.44. The number of methoxy groups -OCH3 is 1. The highest BCUT2D eigenvalue weighted by molar-refractivity contribution is 5.77. The van der Waals surface area contributed by atoms with Gasteiger partial charge in [0, 0.05) is 30.7 Å². The first-order valence-corrected chi connectivity index (χ1v) is 11.5. The molecule has 0 aromatic heterocycles. The fourth-order valence-corrected chi connectivity index (χ4v) is 5.67. The second-order valence-corrected chi connectivity index (χ2v) is 10.4. The van der Waals surface area contributed by atoms with Gasteiger partial charge in [0.25, 0.3) is 0 Å². The number of fused-ring (bicyclic) bond motifs is 1. The van der Waals surface area contributed by atoms with E-state index in [1.165, 1.54) is 5.56 Å². The summed E-state index contributed by atoms with van der Waals surface area (Å²) in [6.07, 6.45) is 2.08. The Morgan fingerprint density at radius 3 is 2.59 bits per heavy atom. The number of guanidine groups is 1. The predicted octanol–water partition coefficient (Wildman–Crippen LogP) is 4.26. The Balaban J connectivity index is 1.94. The minimum Gasteiger partial charge on any atom is -0.381 e. The van der Waals surface area contributed by atoms with Crippen LogP contribution in [0.5, 0.6) is 0 Å². The van der Waals surface area contributed by atoms with Gasteiger partial charge in [0.1, 0.15) is 0 Å². The van der Waals surface area contributed by atoms with E-state index >= 15 is 0 Å². The lowest BCUT2D eigenvalue weighted by molar-refractivity contribution is -0.107. The summed E-state index contributed by atoms with van der Waals surface area (Å²) in [6.45, 7) is 15.2. The van der Waals surface area contributed by atoms with E-state index in [1.54, 1.807) is 7.11 Å². The molecule has 1 aliphatic heterocycles. The molecule has 1 fully saturated rings. The molecule has 3 N–H and O–H groups in total. The van der Waals surface area contributed by atoms with Crippen molar-refractivity contribution in [3.05, 3.63) is 47.2 Å². The molecule has 174 valence electrons. The summed E-state index contributed by atoms with van der Waals surface area (Å²) in [6, 6.07) is 8.25. The molecule has 0 amide bonds. The lowest BCUT2D eigenvalue weighted by atomic mass is 9.79. The Kier molecular flexibility index (Phi) is 7.32. The number of nitrogens with two attached hydrogens (primary N) is 1. The number of allylic oxidation sites excluding steroid dienone is 1. The van der Waals surface area contributed by atoms with E-state index in [0.717, 1.165) is 24.1 Å². The van der Waals surface area contributed by atoms with Crippen molar-refractivity contribution < 1.29 is 9.47 Å². The van der Waals surface area contributed by atoms with Crippen LogP contribution in [0.4, 0.5) is 0 Å². The second-order valence-electron chi connectivity index (χ2n) is 10.4. The van der Waals surface area contributed by atoms with Crippen molar-refractivity contribution >= 4 is 5.96 Å². The van der Waals surface area contributed by atoms with Crippen LogP contribution in [0.3, 0.4) is 0 Å². The monoisotopic (exact) mass is 438 g/mol. The number of ether oxygens (including phenoxy) is 2. The van der Waals surface area contributed by atoms with Crippen LogP contribution < -0.4 is 5.73 Å². The van der Waals surface area contributed by atoms with Crippen LogP contribution in [0.2, 0.25) is 0 Å². The van der Waals surface area contributed by atoms with Gasteiger partial charge >= 0.3 is 0 Å². The first-order valence-electron chi connectivity index (χ1n) is 11.5. The molecule has 0 radical (unpaired) electrons. The molecule has 6 nitrogen and oxygen atoms in total. The second kappa shape index (κ2) is 9.64. The molecular weight excluding hydrogens is 400 g/mol. The van der Waals surface area contributed by atoms with E-state index in [-0.39, 0.29) is 23.4 Å². The largest absolute Gasteiger partial charge is 0.381 e. The molecule has 1 aromatic rings. The molecule has 2 aliphatic rings. The number of hydrogen-bond acceptors (Lipinski definition) is 4. The average Bonchev–Trinajstić information content (AvgIpc) is 3.06. The minimum absolute atomic E-state index is 0.0109. The summed E-state index contributed by atoms with van der Waals surface area (Å²) in [5.74, 6) is 1.13. The minimum atomic E-state index is -0.0356. The van der Waals surface area contributed by atoms with Crippen LogP contribution in [0.1, 0.15) is 56.7 Å². The third-order valence-electron chi connectivity index (χ3n) is 7.17. The van der Waals surface area contributed by atoms with Crippen LogP contribution in [0.25, 0.3) is 0 Å². The Morgan fingerprint density at radius 2 is 2.09 bits per heavy atom. The van der Waals surface area contributed by atoms with Gasteiger partial charge in [-0.2, -0.15) is 5.26 Å². The summed E-state index contributed by atoms with van der Waals surface area (Å²) >= 11 is 0. The molecule has 1 saturated heterocycles. The van der Waals surface area contributed by atoms with Crippen molar-refractivity contribution in [2.45, 2.75) is 52.6 Å². The molecule has 3 rings (SSSR count). The zero-order valence-electron chi connectivity index (χ0n) is 20.1. The molecule has 32 heavy (non-hydrogen) atoms. The fourth-order valence-electron chi connectivity index (χ4n) is 5.67. The molecule has 0 spiro atoms. The van der Waals surface area contributed by atoms with Gasteiger partial charge in [-0.05, 0) is 53.9 Å². The number of benzene rings is 1. The maximum Gasteiger partial charge on any atom is 0.192 e. The highest BCUT2D eigenvalue weighted by Gasteiger charge is 2.42. The van der Waals surface area contributed by atoms with E-state index in [9.17, 15) is 5.26 Å². The van der Waals surface area contributed by atoms with Crippen LogP contribution in [-0.4, -0.2) is 43.8 Å². The quantitative estimate of drug-likeness (QED) is 0.444. The summed E-state index contributed by atoms with van der Waals surface area (Å²) in [7, 11) is 1.79. The van der Waals surface area contributed by atoms with Gasteiger partial charge in [-0.3, -0.25) is 5.41 Å². The Morgan fingerprint density at radius 1 is 1.41 bits per heavy atom. The SMILES string of the molecule is C=C(C1c2cc(C#N)ccc2CC1CC(C)[C@@H](OC)C(C)C)N(CC1(C)COC1)C(=N)N. The molecule has 0 bridgehead atoms. The lowest BCUT2D eigenvalue weighted by Crippen LogP contribution is -2.52. The van der Waals surface area contributed by atoms with E-state index < -0.39 is 0 Å². The van der Waals surface area contributed by atoms with Crippen molar-refractivity contribution in [3.8, 4) is 6.07 Å². The smallest absolute Gasteiger partial charge is 0.192 e. The number of nitriles is 1. The van der Waals surface area contributed by atoms with Crippen LogP contribution in [0.15, 0.2) is 30.5 Å². The molecular formula is C26H38N4O2. The first kappa shape index (κ1) is 24.3. The standard InChI is InChI=1S/C26H38N4O2/c1-16(2)24(31-6)17(3)9-21-11-20-8-7-19(12-27)10-22(20)23(21)18(4)30(25(28)29)13-26(5)14-32-15-26/h7-8,10,16-17,21,23-24H,4,9,11,13-15H2,1-3,5-6H3,(H3,28,29)/t17?,21?,23?,24-/m0/s1. The molecule has 0 saturated carbocycles. The van der Waals surface area contributed by atoms with Crippen LogP contribution >= 0.6 is 0 Å². The molecule has 4 atom stereocenters. The van der Waals surface area contributed by atoms with Gasteiger partial charge in [0.15, 0.2) is 5.96 Å². The summed E-state index contributed by atoms with van der Waals surface area (Å²) < 4.78 is 11.3. The summed E-state index contributed by atoms with van der Waals surface area (Å²) in [5.41, 5.74) is 9.92. The maximum atomic E-state index is 9.49. The van der Waals surface area contributed by atoms with Crippen molar-refractivity contribution in [1.29, 1.82) is 10.7 Å². The Hall–Kier alpha value is -2.36. The summed E-state index contributed by atoms with van der Waals surface area (Å²) in [4.78, 5) is 1.86. The topological polar surface area (TPSA) is 95.4 Å².